The second-order valence-corrected chi connectivity index (χ2v) is 6.41. The van der Waals surface area contributed by atoms with E-state index in [0.29, 0.717) is 11.4 Å². The maximum Gasteiger partial charge on any atom is 0.255 e. The maximum atomic E-state index is 12.6. The van der Waals surface area contributed by atoms with Crippen LogP contribution in [0.4, 0.5) is 0 Å². The molecule has 132 valence electrons. The summed E-state index contributed by atoms with van der Waals surface area (Å²) in [6.07, 6.45) is 6.62. The molecule has 0 radical (unpaired) electrons. The summed E-state index contributed by atoms with van der Waals surface area (Å²) < 4.78 is 1.57. The topological polar surface area (TPSA) is 63.9 Å². The van der Waals surface area contributed by atoms with Crippen LogP contribution in [-0.2, 0) is 4.79 Å². The highest BCUT2D eigenvalue weighted by atomic mass is 16.2. The Bertz CT molecular complexity index is 937. The van der Waals surface area contributed by atoms with Crippen LogP contribution in [0.3, 0.4) is 0 Å². The van der Waals surface area contributed by atoms with Crippen LogP contribution in [0.5, 0.6) is 0 Å². The molecule has 1 amide bonds. The average molecular weight is 347 g/mol. The number of amides is 1. The predicted molar refractivity (Wildman–Crippen MR) is 102 cm³/mol. The maximum absolute atomic E-state index is 12.6. The van der Waals surface area contributed by atoms with Gasteiger partial charge in [0.05, 0.1) is 5.57 Å². The van der Waals surface area contributed by atoms with Crippen LogP contribution in [0.15, 0.2) is 49.1 Å². The van der Waals surface area contributed by atoms with Crippen molar-refractivity contribution in [3.05, 3.63) is 65.7 Å². The van der Waals surface area contributed by atoms with Crippen molar-refractivity contribution in [3.63, 3.8) is 0 Å². The largest absolute Gasteiger partial charge is 0.345 e. The molecular formula is C20H21N5O. The number of pyridine rings is 1. The van der Waals surface area contributed by atoms with Gasteiger partial charge in [-0.25, -0.2) is 9.67 Å². The summed E-state index contributed by atoms with van der Waals surface area (Å²) in [5.74, 6) is 0.498. The molecule has 0 aliphatic rings. The summed E-state index contributed by atoms with van der Waals surface area (Å²) in [5, 5.41) is 4.51. The van der Waals surface area contributed by atoms with Crippen LogP contribution < -0.4 is 0 Å². The molecule has 6 heteroatoms. The molecule has 0 aliphatic heterocycles. The second-order valence-electron chi connectivity index (χ2n) is 6.41. The van der Waals surface area contributed by atoms with Crippen LogP contribution in [0.2, 0.25) is 0 Å². The molecule has 0 atom stereocenters. The van der Waals surface area contributed by atoms with E-state index in [0.717, 1.165) is 22.3 Å². The van der Waals surface area contributed by atoms with Gasteiger partial charge in [-0.15, -0.1) is 5.10 Å². The lowest BCUT2D eigenvalue weighted by Crippen LogP contribution is -2.23. The van der Waals surface area contributed by atoms with Gasteiger partial charge in [0.2, 0.25) is 0 Å². The minimum atomic E-state index is -0.124. The molecule has 0 N–H and O–H groups in total. The van der Waals surface area contributed by atoms with Crippen LogP contribution >= 0.6 is 0 Å². The zero-order chi connectivity index (χ0) is 18.7. The van der Waals surface area contributed by atoms with E-state index >= 15 is 0 Å². The van der Waals surface area contributed by atoms with E-state index in [2.05, 4.69) is 21.1 Å². The molecule has 3 rings (SSSR count). The van der Waals surface area contributed by atoms with Gasteiger partial charge >= 0.3 is 0 Å². The normalized spacial score (nSPS) is 11.5. The first-order valence-corrected chi connectivity index (χ1v) is 8.28. The van der Waals surface area contributed by atoms with Gasteiger partial charge in [0.1, 0.15) is 6.33 Å². The fourth-order valence-electron chi connectivity index (χ4n) is 2.72. The lowest BCUT2D eigenvalue weighted by molar-refractivity contribution is -0.122. The zero-order valence-electron chi connectivity index (χ0n) is 15.3. The third-order valence-corrected chi connectivity index (χ3v) is 3.86. The number of hydrogen-bond acceptors (Lipinski definition) is 4. The number of aryl methyl sites for hydroxylation is 2. The van der Waals surface area contributed by atoms with Crippen molar-refractivity contribution in [1.82, 2.24) is 24.6 Å². The van der Waals surface area contributed by atoms with Gasteiger partial charge in [-0.3, -0.25) is 9.78 Å². The Morgan fingerprint density at radius 1 is 1.15 bits per heavy atom. The zero-order valence-corrected chi connectivity index (χ0v) is 15.3. The first-order valence-electron chi connectivity index (χ1n) is 8.28. The van der Waals surface area contributed by atoms with Crippen molar-refractivity contribution in [2.75, 3.05) is 14.1 Å². The molecule has 0 aliphatic carbocycles. The standard InChI is InChI=1S/C20H21N5O/c1-14-8-15(2)10-17(9-14)19-22-13-25(23-19)12-18(20(26)24(3)4)16-6-5-7-21-11-16/h5-13H,1-4H3/b18-12+. The number of hydrogen-bond donors (Lipinski definition) is 0. The Balaban J connectivity index is 2.01. The molecule has 0 saturated heterocycles. The van der Waals surface area contributed by atoms with E-state index < -0.39 is 0 Å². The molecule has 0 saturated carbocycles. The van der Waals surface area contributed by atoms with Gasteiger partial charge in [-0.2, -0.15) is 0 Å². The van der Waals surface area contributed by atoms with E-state index in [1.807, 2.05) is 32.0 Å². The number of nitrogens with zero attached hydrogens (tertiary/aromatic N) is 5. The molecule has 0 unspecified atom stereocenters. The van der Waals surface area contributed by atoms with E-state index in [1.54, 1.807) is 49.8 Å². The van der Waals surface area contributed by atoms with Crippen molar-refractivity contribution < 1.29 is 4.79 Å². The Labute approximate surface area is 152 Å². The molecule has 2 aromatic heterocycles. The van der Waals surface area contributed by atoms with Gasteiger partial charge in [0.15, 0.2) is 5.82 Å². The van der Waals surface area contributed by atoms with Crippen LogP contribution in [0.1, 0.15) is 16.7 Å². The highest BCUT2D eigenvalue weighted by Gasteiger charge is 2.15. The molecule has 0 bridgehead atoms. The van der Waals surface area contributed by atoms with Gasteiger partial charge in [-0.05, 0) is 32.0 Å². The highest BCUT2D eigenvalue weighted by Crippen LogP contribution is 2.20. The van der Waals surface area contributed by atoms with Crippen molar-refractivity contribution in [1.29, 1.82) is 0 Å². The van der Waals surface area contributed by atoms with Crippen LogP contribution in [0, 0.1) is 13.8 Å². The van der Waals surface area contributed by atoms with E-state index in [9.17, 15) is 4.79 Å². The Hall–Kier alpha value is -3.28. The van der Waals surface area contributed by atoms with E-state index in [4.69, 9.17) is 0 Å². The first kappa shape index (κ1) is 17.5. The molecule has 2 heterocycles. The number of carbonyl (C=O) groups excluding carboxylic acids is 1. The van der Waals surface area contributed by atoms with Gasteiger partial charge < -0.3 is 4.90 Å². The minimum absolute atomic E-state index is 0.124. The minimum Gasteiger partial charge on any atom is -0.345 e. The predicted octanol–water partition coefficient (Wildman–Crippen LogP) is 3.04. The summed E-state index contributed by atoms with van der Waals surface area (Å²) in [5.41, 5.74) is 4.50. The molecule has 0 spiro atoms. The number of rotatable bonds is 4. The first-order chi connectivity index (χ1) is 12.4. The van der Waals surface area contributed by atoms with Gasteiger partial charge in [-0.1, -0.05) is 23.3 Å². The smallest absolute Gasteiger partial charge is 0.255 e. The summed E-state index contributed by atoms with van der Waals surface area (Å²) in [4.78, 5) is 22.6. The van der Waals surface area contributed by atoms with Crippen molar-refractivity contribution in [2.45, 2.75) is 13.8 Å². The van der Waals surface area contributed by atoms with Gasteiger partial charge in [0.25, 0.3) is 5.91 Å². The summed E-state index contributed by atoms with van der Waals surface area (Å²) >= 11 is 0. The Kier molecular flexibility index (Phi) is 4.93. The Morgan fingerprint density at radius 2 is 1.88 bits per heavy atom. The number of benzene rings is 1. The SMILES string of the molecule is Cc1cc(C)cc(-c2ncn(/C=C(/C(=O)N(C)C)c3cccnc3)n2)c1. The van der Waals surface area contributed by atoms with Crippen molar-refractivity contribution in [3.8, 4) is 11.4 Å². The quantitative estimate of drug-likeness (QED) is 0.681. The molecule has 26 heavy (non-hydrogen) atoms. The van der Waals surface area contributed by atoms with E-state index in [1.165, 1.54) is 4.90 Å². The number of likely N-dealkylation sites (N-methyl/N-ethyl adjacent to an activating group) is 1. The molecule has 0 fully saturated rings. The summed E-state index contributed by atoms with van der Waals surface area (Å²) in [7, 11) is 3.43. The van der Waals surface area contributed by atoms with Gasteiger partial charge in [0, 0.05) is 43.8 Å². The lowest BCUT2D eigenvalue weighted by Gasteiger charge is -2.13. The third kappa shape index (κ3) is 3.85. The number of carbonyl (C=O) groups is 1. The fourth-order valence-corrected chi connectivity index (χ4v) is 2.72. The van der Waals surface area contributed by atoms with Crippen LogP contribution in [-0.4, -0.2) is 44.7 Å². The Morgan fingerprint density at radius 3 is 2.50 bits per heavy atom. The van der Waals surface area contributed by atoms with Crippen molar-refractivity contribution >= 4 is 17.7 Å². The number of aromatic nitrogens is 4. The molecule has 6 nitrogen and oxygen atoms in total. The highest BCUT2D eigenvalue weighted by molar-refractivity contribution is 6.22. The second kappa shape index (κ2) is 7.31. The fraction of sp³-hybridized carbons (Fsp3) is 0.200. The lowest BCUT2D eigenvalue weighted by atomic mass is 10.1. The molecule has 1 aromatic carbocycles. The summed E-state index contributed by atoms with van der Waals surface area (Å²) in [6.45, 7) is 4.09. The molecular weight excluding hydrogens is 326 g/mol. The third-order valence-electron chi connectivity index (χ3n) is 3.86. The monoisotopic (exact) mass is 347 g/mol. The van der Waals surface area contributed by atoms with Crippen molar-refractivity contribution in [2.24, 2.45) is 0 Å². The molecule has 3 aromatic rings. The summed E-state index contributed by atoms with van der Waals surface area (Å²) in [6, 6.07) is 9.85. The van der Waals surface area contributed by atoms with Crippen LogP contribution in [0.25, 0.3) is 23.2 Å². The average Bonchev–Trinajstić information content (AvgIpc) is 3.08. The van der Waals surface area contributed by atoms with E-state index in [-0.39, 0.29) is 5.91 Å².